The monoisotopic (exact) mass is 309 g/mol. The van der Waals surface area contributed by atoms with E-state index in [1.807, 2.05) is 0 Å². The van der Waals surface area contributed by atoms with E-state index in [0.29, 0.717) is 0 Å². The molecule has 0 saturated carbocycles. The van der Waals surface area contributed by atoms with E-state index >= 15 is 0 Å². The number of aryl methyl sites for hydroxylation is 2. The van der Waals surface area contributed by atoms with Gasteiger partial charge in [-0.1, -0.05) is 76.3 Å². The Morgan fingerprint density at radius 2 is 1.26 bits per heavy atom. The fraction of sp³-hybridized carbons (Fsp3) is 0.500. The van der Waals surface area contributed by atoms with Crippen LogP contribution in [0.25, 0.3) is 11.3 Å². The first-order chi connectivity index (χ1) is 11.3. The summed E-state index contributed by atoms with van der Waals surface area (Å²) in [4.78, 5) is 4.65. The first-order valence-electron chi connectivity index (χ1n) is 9.37. The fourth-order valence-electron chi connectivity index (χ4n) is 2.92. The lowest BCUT2D eigenvalue weighted by Crippen LogP contribution is -1.90. The summed E-state index contributed by atoms with van der Waals surface area (Å²) in [5, 5.41) is 0. The molecule has 0 aliphatic carbocycles. The predicted molar refractivity (Wildman–Crippen MR) is 101 cm³/mol. The Morgan fingerprint density at radius 1 is 0.652 bits per heavy atom. The first kappa shape index (κ1) is 17.7. The third-order valence-corrected chi connectivity index (χ3v) is 4.46. The van der Waals surface area contributed by atoms with Gasteiger partial charge < -0.3 is 0 Å². The van der Waals surface area contributed by atoms with Crippen LogP contribution in [0.5, 0.6) is 0 Å². The average molecular weight is 309 g/mol. The Hall–Kier alpha value is -1.63. The van der Waals surface area contributed by atoms with Crippen LogP contribution in [-0.4, -0.2) is 4.98 Å². The highest BCUT2D eigenvalue weighted by molar-refractivity contribution is 5.59. The van der Waals surface area contributed by atoms with Crippen molar-refractivity contribution in [2.24, 2.45) is 0 Å². The summed E-state index contributed by atoms with van der Waals surface area (Å²) in [5.74, 6) is 0. The molecular formula is C22H31N. The molecule has 0 bridgehead atoms. The lowest BCUT2D eigenvalue weighted by Gasteiger charge is -2.06. The highest BCUT2D eigenvalue weighted by Gasteiger charge is 2.01. The molecule has 1 heteroatoms. The molecule has 0 spiro atoms. The zero-order valence-electron chi connectivity index (χ0n) is 14.9. The van der Waals surface area contributed by atoms with Crippen molar-refractivity contribution in [1.29, 1.82) is 0 Å². The number of rotatable bonds is 10. The second kappa shape index (κ2) is 10.2. The number of hydrogen-bond acceptors (Lipinski definition) is 1. The summed E-state index contributed by atoms with van der Waals surface area (Å²) in [6, 6.07) is 13.3. The zero-order valence-corrected chi connectivity index (χ0v) is 14.9. The van der Waals surface area contributed by atoms with E-state index in [9.17, 15) is 0 Å². The highest BCUT2D eigenvalue weighted by atomic mass is 14.7. The second-order valence-corrected chi connectivity index (χ2v) is 6.52. The Labute approximate surface area is 142 Å². The SMILES string of the molecule is CCCCCCc1ccc(-c2ccc(CCCCC)cc2)nc1. The highest BCUT2D eigenvalue weighted by Crippen LogP contribution is 2.19. The molecule has 1 aromatic carbocycles. The number of hydrogen-bond donors (Lipinski definition) is 0. The first-order valence-corrected chi connectivity index (χ1v) is 9.37. The van der Waals surface area contributed by atoms with Gasteiger partial charge in [-0.3, -0.25) is 4.98 Å². The number of aromatic nitrogens is 1. The number of pyridine rings is 1. The molecule has 1 aromatic heterocycles. The van der Waals surface area contributed by atoms with Crippen molar-refractivity contribution in [3.05, 3.63) is 53.7 Å². The van der Waals surface area contributed by atoms with Crippen LogP contribution in [0, 0.1) is 0 Å². The maximum atomic E-state index is 4.65. The molecule has 0 aliphatic rings. The van der Waals surface area contributed by atoms with Crippen LogP contribution >= 0.6 is 0 Å². The van der Waals surface area contributed by atoms with Gasteiger partial charge in [0.1, 0.15) is 0 Å². The Bertz CT molecular complexity index is 539. The molecule has 124 valence electrons. The molecule has 0 unspecified atom stereocenters. The van der Waals surface area contributed by atoms with E-state index in [1.165, 1.54) is 68.1 Å². The van der Waals surface area contributed by atoms with Crippen LogP contribution in [0.2, 0.25) is 0 Å². The van der Waals surface area contributed by atoms with Gasteiger partial charge >= 0.3 is 0 Å². The van der Waals surface area contributed by atoms with Gasteiger partial charge in [0.15, 0.2) is 0 Å². The molecule has 0 saturated heterocycles. The van der Waals surface area contributed by atoms with Crippen LogP contribution in [-0.2, 0) is 12.8 Å². The summed E-state index contributed by atoms with van der Waals surface area (Å²) < 4.78 is 0. The molecular weight excluding hydrogens is 278 g/mol. The predicted octanol–water partition coefficient (Wildman–Crippen LogP) is 6.60. The van der Waals surface area contributed by atoms with Gasteiger partial charge in [-0.05, 0) is 42.9 Å². The number of unbranched alkanes of at least 4 members (excludes halogenated alkanes) is 5. The molecule has 2 rings (SSSR count). The smallest absolute Gasteiger partial charge is 0.0702 e. The third kappa shape index (κ3) is 6.17. The van der Waals surface area contributed by atoms with Gasteiger partial charge in [-0.15, -0.1) is 0 Å². The molecule has 0 radical (unpaired) electrons. The van der Waals surface area contributed by atoms with E-state index in [0.717, 1.165) is 12.1 Å². The Kier molecular flexibility index (Phi) is 7.86. The summed E-state index contributed by atoms with van der Waals surface area (Å²) >= 11 is 0. The normalized spacial score (nSPS) is 10.9. The van der Waals surface area contributed by atoms with Gasteiger partial charge in [0.2, 0.25) is 0 Å². The summed E-state index contributed by atoms with van der Waals surface area (Å²) in [7, 11) is 0. The van der Waals surface area contributed by atoms with Crippen LogP contribution in [0.15, 0.2) is 42.6 Å². The largest absolute Gasteiger partial charge is 0.256 e. The lowest BCUT2D eigenvalue weighted by molar-refractivity contribution is 0.666. The molecule has 0 fully saturated rings. The van der Waals surface area contributed by atoms with E-state index in [4.69, 9.17) is 0 Å². The maximum Gasteiger partial charge on any atom is 0.0702 e. The van der Waals surface area contributed by atoms with Crippen molar-refractivity contribution in [2.45, 2.75) is 71.6 Å². The molecule has 0 amide bonds. The van der Waals surface area contributed by atoms with Gasteiger partial charge in [0, 0.05) is 11.8 Å². The summed E-state index contributed by atoms with van der Waals surface area (Å²) in [5.41, 5.74) is 5.11. The van der Waals surface area contributed by atoms with Gasteiger partial charge in [-0.25, -0.2) is 0 Å². The molecule has 1 heterocycles. The van der Waals surface area contributed by atoms with Crippen molar-refractivity contribution in [1.82, 2.24) is 4.98 Å². The van der Waals surface area contributed by atoms with Crippen LogP contribution in [0.4, 0.5) is 0 Å². The summed E-state index contributed by atoms with van der Waals surface area (Å²) in [6.07, 6.45) is 13.6. The maximum absolute atomic E-state index is 4.65. The van der Waals surface area contributed by atoms with Crippen molar-refractivity contribution < 1.29 is 0 Å². The topological polar surface area (TPSA) is 12.9 Å². The minimum absolute atomic E-state index is 1.09. The van der Waals surface area contributed by atoms with E-state index < -0.39 is 0 Å². The van der Waals surface area contributed by atoms with Gasteiger partial charge in [-0.2, -0.15) is 0 Å². The molecule has 0 atom stereocenters. The van der Waals surface area contributed by atoms with Crippen LogP contribution in [0.3, 0.4) is 0 Å². The number of benzene rings is 1. The van der Waals surface area contributed by atoms with Gasteiger partial charge in [0.25, 0.3) is 0 Å². The van der Waals surface area contributed by atoms with Crippen molar-refractivity contribution in [2.75, 3.05) is 0 Å². The Balaban J connectivity index is 1.88. The van der Waals surface area contributed by atoms with E-state index in [-0.39, 0.29) is 0 Å². The zero-order chi connectivity index (χ0) is 16.3. The third-order valence-electron chi connectivity index (χ3n) is 4.46. The Morgan fingerprint density at radius 3 is 1.91 bits per heavy atom. The lowest BCUT2D eigenvalue weighted by atomic mass is 10.0. The minimum Gasteiger partial charge on any atom is -0.256 e. The van der Waals surface area contributed by atoms with Crippen molar-refractivity contribution in [3.63, 3.8) is 0 Å². The van der Waals surface area contributed by atoms with Crippen molar-refractivity contribution >= 4 is 0 Å². The fourth-order valence-corrected chi connectivity index (χ4v) is 2.92. The standard InChI is InChI=1S/C22H31N/c1-3-5-7-9-11-20-14-17-22(23-18-20)21-15-12-19(13-16-21)10-8-6-4-2/h12-18H,3-11H2,1-2H3. The van der Waals surface area contributed by atoms with Crippen LogP contribution in [0.1, 0.15) is 69.9 Å². The second-order valence-electron chi connectivity index (χ2n) is 6.52. The molecule has 0 aliphatic heterocycles. The molecule has 0 N–H and O–H groups in total. The average Bonchev–Trinajstić information content (AvgIpc) is 2.60. The minimum atomic E-state index is 1.09. The summed E-state index contributed by atoms with van der Waals surface area (Å²) in [6.45, 7) is 4.51. The molecule has 2 aromatic rings. The van der Waals surface area contributed by atoms with E-state index in [2.05, 4.69) is 61.4 Å². The van der Waals surface area contributed by atoms with E-state index in [1.54, 1.807) is 0 Å². The quantitative estimate of drug-likeness (QED) is 0.450. The van der Waals surface area contributed by atoms with Gasteiger partial charge in [0.05, 0.1) is 5.69 Å². The molecule has 23 heavy (non-hydrogen) atoms. The van der Waals surface area contributed by atoms with Crippen molar-refractivity contribution in [3.8, 4) is 11.3 Å². The molecule has 1 nitrogen and oxygen atoms in total. The number of nitrogens with zero attached hydrogens (tertiary/aromatic N) is 1. The van der Waals surface area contributed by atoms with Crippen LogP contribution < -0.4 is 0 Å².